The van der Waals surface area contributed by atoms with Crippen molar-refractivity contribution in [2.24, 2.45) is 0 Å². The fraction of sp³-hybridized carbons (Fsp3) is 0.182. The summed E-state index contributed by atoms with van der Waals surface area (Å²) in [6.45, 7) is 1.51. The van der Waals surface area contributed by atoms with Gasteiger partial charge in [-0.3, -0.25) is 0 Å². The number of hydrogen-bond donors (Lipinski definition) is 1. The molecule has 5 nitrogen and oxygen atoms in total. The summed E-state index contributed by atoms with van der Waals surface area (Å²) in [4.78, 5) is 3.90. The van der Waals surface area contributed by atoms with Crippen molar-refractivity contribution in [3.05, 3.63) is 48.0 Å². The highest BCUT2D eigenvalue weighted by molar-refractivity contribution is 7.90. The van der Waals surface area contributed by atoms with Crippen molar-refractivity contribution in [3.8, 4) is 0 Å². The molecular weight excluding hydrogens is 240 g/mol. The molecule has 1 aromatic carbocycles. The van der Waals surface area contributed by atoms with E-state index in [2.05, 4.69) is 4.98 Å². The molecule has 0 aliphatic rings. The monoisotopic (exact) mass is 252 g/mol. The second-order valence-corrected chi connectivity index (χ2v) is 5.47. The van der Waals surface area contributed by atoms with Crippen LogP contribution in [0.15, 0.2) is 41.7 Å². The zero-order valence-corrected chi connectivity index (χ0v) is 10.1. The van der Waals surface area contributed by atoms with Crippen molar-refractivity contribution in [2.45, 2.75) is 18.4 Å². The van der Waals surface area contributed by atoms with Gasteiger partial charge in [-0.25, -0.2) is 17.4 Å². The summed E-state index contributed by atoms with van der Waals surface area (Å²) >= 11 is 0. The summed E-state index contributed by atoms with van der Waals surface area (Å²) in [7, 11) is -3.66. The van der Waals surface area contributed by atoms with E-state index in [4.69, 9.17) is 5.11 Å². The van der Waals surface area contributed by atoms with E-state index in [1.165, 1.54) is 24.7 Å². The average molecular weight is 252 g/mol. The quantitative estimate of drug-likeness (QED) is 0.881. The lowest BCUT2D eigenvalue weighted by molar-refractivity contribution is 0.275. The van der Waals surface area contributed by atoms with Crippen LogP contribution in [-0.2, 0) is 16.6 Å². The number of hydrogen-bond acceptors (Lipinski definition) is 4. The number of aromatic nitrogens is 2. The molecule has 0 aliphatic carbocycles. The molecule has 2 aromatic rings. The van der Waals surface area contributed by atoms with Gasteiger partial charge in [0.25, 0.3) is 10.0 Å². The molecule has 1 heterocycles. The standard InChI is InChI=1S/C11H12N2O3S/c1-9-2-4-11(5-3-9)17(15,16)13-8-12-6-10(13)7-14/h2-6,8,14H,7H2,1H3. The number of aryl methyl sites for hydroxylation is 1. The number of rotatable bonds is 3. The molecule has 90 valence electrons. The Morgan fingerprint density at radius 1 is 1.29 bits per heavy atom. The van der Waals surface area contributed by atoms with Gasteiger partial charge in [-0.05, 0) is 19.1 Å². The van der Waals surface area contributed by atoms with Crippen LogP contribution >= 0.6 is 0 Å². The van der Waals surface area contributed by atoms with E-state index in [9.17, 15) is 8.42 Å². The summed E-state index contributed by atoms with van der Waals surface area (Å²) < 4.78 is 25.4. The van der Waals surface area contributed by atoms with Crippen LogP contribution in [0.5, 0.6) is 0 Å². The van der Waals surface area contributed by atoms with Crippen LogP contribution in [0.3, 0.4) is 0 Å². The van der Waals surface area contributed by atoms with Crippen molar-refractivity contribution < 1.29 is 13.5 Å². The van der Waals surface area contributed by atoms with Gasteiger partial charge in [0.1, 0.15) is 6.33 Å². The Morgan fingerprint density at radius 2 is 1.94 bits per heavy atom. The van der Waals surface area contributed by atoms with Gasteiger partial charge in [0.2, 0.25) is 0 Å². The predicted octanol–water partition coefficient (Wildman–Crippen LogP) is 0.921. The molecule has 17 heavy (non-hydrogen) atoms. The fourth-order valence-corrected chi connectivity index (χ4v) is 2.76. The third-order valence-corrected chi connectivity index (χ3v) is 4.13. The number of aliphatic hydroxyl groups is 1. The van der Waals surface area contributed by atoms with Gasteiger partial charge in [-0.1, -0.05) is 17.7 Å². The lowest BCUT2D eigenvalue weighted by Crippen LogP contribution is -2.14. The molecule has 2 rings (SSSR count). The van der Waals surface area contributed by atoms with Gasteiger partial charge in [0.15, 0.2) is 0 Å². The van der Waals surface area contributed by atoms with Gasteiger partial charge >= 0.3 is 0 Å². The van der Waals surface area contributed by atoms with E-state index in [0.717, 1.165) is 9.54 Å². The molecular formula is C11H12N2O3S. The highest BCUT2D eigenvalue weighted by Crippen LogP contribution is 2.16. The summed E-state index contributed by atoms with van der Waals surface area (Å²) in [5.41, 5.74) is 1.22. The molecule has 1 N–H and O–H groups in total. The van der Waals surface area contributed by atoms with E-state index < -0.39 is 10.0 Å². The first-order valence-corrected chi connectivity index (χ1v) is 6.44. The summed E-state index contributed by atoms with van der Waals surface area (Å²) in [5.74, 6) is 0. The van der Waals surface area contributed by atoms with E-state index >= 15 is 0 Å². The molecule has 0 bridgehead atoms. The Kier molecular flexibility index (Phi) is 2.99. The Morgan fingerprint density at radius 3 is 2.53 bits per heavy atom. The second kappa shape index (κ2) is 4.31. The number of benzene rings is 1. The first-order chi connectivity index (χ1) is 8.05. The zero-order valence-electron chi connectivity index (χ0n) is 9.24. The Balaban J connectivity index is 2.54. The van der Waals surface area contributed by atoms with Gasteiger partial charge in [0, 0.05) is 0 Å². The minimum Gasteiger partial charge on any atom is -0.390 e. The molecule has 0 amide bonds. The van der Waals surface area contributed by atoms with Crippen molar-refractivity contribution >= 4 is 10.0 Å². The molecule has 0 saturated heterocycles. The van der Waals surface area contributed by atoms with Gasteiger partial charge in [-0.15, -0.1) is 0 Å². The van der Waals surface area contributed by atoms with Crippen LogP contribution < -0.4 is 0 Å². The van der Waals surface area contributed by atoms with Crippen molar-refractivity contribution in [1.82, 2.24) is 8.96 Å². The van der Waals surface area contributed by atoms with E-state index in [1.807, 2.05) is 6.92 Å². The van der Waals surface area contributed by atoms with Gasteiger partial charge < -0.3 is 5.11 Å². The topological polar surface area (TPSA) is 72.2 Å². The lowest BCUT2D eigenvalue weighted by Gasteiger charge is -2.08. The lowest BCUT2D eigenvalue weighted by atomic mass is 10.2. The van der Waals surface area contributed by atoms with E-state index in [1.54, 1.807) is 12.1 Å². The number of nitrogens with zero attached hydrogens (tertiary/aromatic N) is 2. The summed E-state index contributed by atoms with van der Waals surface area (Å²) in [6.07, 6.45) is 2.51. The van der Waals surface area contributed by atoms with Crippen LogP contribution in [-0.4, -0.2) is 22.5 Å². The average Bonchev–Trinajstić information content (AvgIpc) is 2.78. The van der Waals surface area contributed by atoms with E-state index in [0.29, 0.717) is 0 Å². The Hall–Kier alpha value is -1.66. The highest BCUT2D eigenvalue weighted by Gasteiger charge is 2.19. The molecule has 0 spiro atoms. The van der Waals surface area contributed by atoms with Crippen LogP contribution in [0.4, 0.5) is 0 Å². The first kappa shape index (κ1) is 11.8. The number of aliphatic hydroxyl groups excluding tert-OH is 1. The van der Waals surface area contributed by atoms with Crippen molar-refractivity contribution in [3.63, 3.8) is 0 Å². The van der Waals surface area contributed by atoms with Crippen LogP contribution in [0.25, 0.3) is 0 Å². The molecule has 1 aromatic heterocycles. The van der Waals surface area contributed by atoms with Crippen LogP contribution in [0, 0.1) is 6.92 Å². The summed E-state index contributed by atoms with van der Waals surface area (Å²) in [6, 6.07) is 6.52. The fourth-order valence-electron chi connectivity index (χ4n) is 1.46. The largest absolute Gasteiger partial charge is 0.390 e. The predicted molar refractivity (Wildman–Crippen MR) is 61.9 cm³/mol. The third-order valence-electron chi connectivity index (χ3n) is 2.42. The molecule has 0 aliphatic heterocycles. The molecule has 0 radical (unpaired) electrons. The minimum absolute atomic E-state index is 0.177. The molecule has 0 atom stereocenters. The second-order valence-electron chi connectivity index (χ2n) is 3.66. The van der Waals surface area contributed by atoms with Gasteiger partial charge in [-0.2, -0.15) is 0 Å². The highest BCUT2D eigenvalue weighted by atomic mass is 32.2. The maximum Gasteiger partial charge on any atom is 0.269 e. The Bertz CT molecular complexity index is 614. The molecule has 0 fully saturated rings. The van der Waals surface area contributed by atoms with Crippen molar-refractivity contribution in [2.75, 3.05) is 0 Å². The molecule has 0 saturated carbocycles. The zero-order chi connectivity index (χ0) is 12.5. The summed E-state index contributed by atoms with van der Waals surface area (Å²) in [5, 5.41) is 9.04. The molecule has 0 unspecified atom stereocenters. The maximum atomic E-state index is 12.2. The van der Waals surface area contributed by atoms with E-state index in [-0.39, 0.29) is 17.2 Å². The Labute approximate surface area is 99.4 Å². The van der Waals surface area contributed by atoms with Gasteiger partial charge in [0.05, 0.1) is 23.4 Å². The van der Waals surface area contributed by atoms with Crippen molar-refractivity contribution in [1.29, 1.82) is 0 Å². The SMILES string of the molecule is Cc1ccc(S(=O)(=O)n2cncc2CO)cc1. The minimum atomic E-state index is -3.66. The normalized spacial score (nSPS) is 11.6. The molecule has 6 heteroatoms. The maximum absolute atomic E-state index is 12.2. The van der Waals surface area contributed by atoms with Crippen LogP contribution in [0.2, 0.25) is 0 Å². The third kappa shape index (κ3) is 2.09. The van der Waals surface area contributed by atoms with Crippen LogP contribution in [0.1, 0.15) is 11.3 Å². The first-order valence-electron chi connectivity index (χ1n) is 5.00. The smallest absolute Gasteiger partial charge is 0.269 e. The number of imidazole rings is 1.